The predicted molar refractivity (Wildman–Crippen MR) is 95.4 cm³/mol. The third-order valence-corrected chi connectivity index (χ3v) is 4.20. The van der Waals surface area contributed by atoms with Crippen molar-refractivity contribution in [1.82, 2.24) is 5.32 Å². The maximum absolute atomic E-state index is 12.6. The first kappa shape index (κ1) is 16.1. The molecule has 1 aliphatic heterocycles. The summed E-state index contributed by atoms with van der Waals surface area (Å²) in [5.41, 5.74) is 2.38. The molecule has 5 heteroatoms. The summed E-state index contributed by atoms with van der Waals surface area (Å²) >= 11 is 0. The second kappa shape index (κ2) is 6.74. The van der Waals surface area contributed by atoms with Crippen molar-refractivity contribution in [1.29, 1.82) is 0 Å². The molecular weight excluding hydrogens is 302 g/mol. The molecule has 0 aromatic heterocycles. The first-order chi connectivity index (χ1) is 11.6. The van der Waals surface area contributed by atoms with E-state index in [4.69, 9.17) is 0 Å². The number of nitrogens with zero attached hydrogens (tertiary/aromatic N) is 2. The Hall–Kier alpha value is -2.82. The number of hydrogen-bond donors (Lipinski definition) is 1. The van der Waals surface area contributed by atoms with Gasteiger partial charge in [0.25, 0.3) is 5.91 Å². The highest BCUT2D eigenvalue weighted by Gasteiger charge is 2.33. The lowest BCUT2D eigenvalue weighted by atomic mass is 10.1. The van der Waals surface area contributed by atoms with E-state index in [1.165, 1.54) is 0 Å². The first-order valence-corrected chi connectivity index (χ1v) is 8.01. The molecule has 1 N–H and O–H groups in total. The molecule has 0 radical (unpaired) electrons. The minimum Gasteiger partial charge on any atom is -0.378 e. The Labute approximate surface area is 141 Å². The molecular formula is C19H21N3O2. The molecule has 0 saturated carbocycles. The molecule has 0 bridgehead atoms. The molecule has 1 fully saturated rings. The number of carbonyl (C=O) groups is 2. The molecule has 1 atom stereocenters. The monoisotopic (exact) mass is 323 g/mol. The highest BCUT2D eigenvalue weighted by Crippen LogP contribution is 2.21. The molecule has 3 rings (SSSR count). The Morgan fingerprint density at radius 1 is 1.12 bits per heavy atom. The SMILES string of the molecule is CN(C)c1cccc(C(=O)NC2CCN(c3ccccc3)C2=O)c1. The third kappa shape index (κ3) is 3.25. The maximum atomic E-state index is 12.6. The van der Waals surface area contributed by atoms with Gasteiger partial charge < -0.3 is 15.1 Å². The summed E-state index contributed by atoms with van der Waals surface area (Å²) in [7, 11) is 3.85. The van der Waals surface area contributed by atoms with Crippen LogP contribution in [0.1, 0.15) is 16.8 Å². The standard InChI is InChI=1S/C19H21N3O2/c1-21(2)16-10-6-7-14(13-16)18(23)20-17-11-12-22(19(17)24)15-8-4-3-5-9-15/h3-10,13,17H,11-12H2,1-2H3,(H,20,23). The van der Waals surface area contributed by atoms with Crippen molar-refractivity contribution < 1.29 is 9.59 Å². The van der Waals surface area contributed by atoms with Gasteiger partial charge in [0, 0.05) is 37.6 Å². The lowest BCUT2D eigenvalue weighted by Gasteiger charge is -2.17. The minimum atomic E-state index is -0.472. The van der Waals surface area contributed by atoms with Crippen LogP contribution in [-0.2, 0) is 4.79 Å². The average molecular weight is 323 g/mol. The second-order valence-electron chi connectivity index (χ2n) is 6.08. The summed E-state index contributed by atoms with van der Waals surface area (Å²) < 4.78 is 0. The van der Waals surface area contributed by atoms with Crippen molar-refractivity contribution in [2.24, 2.45) is 0 Å². The summed E-state index contributed by atoms with van der Waals surface area (Å²) in [6, 6.07) is 16.4. The summed E-state index contributed by atoms with van der Waals surface area (Å²) in [5, 5.41) is 2.86. The van der Waals surface area contributed by atoms with Gasteiger partial charge >= 0.3 is 0 Å². The van der Waals surface area contributed by atoms with Crippen LogP contribution in [0, 0.1) is 0 Å². The number of hydrogen-bond acceptors (Lipinski definition) is 3. The number of carbonyl (C=O) groups excluding carboxylic acids is 2. The van der Waals surface area contributed by atoms with Gasteiger partial charge in [0.05, 0.1) is 0 Å². The van der Waals surface area contributed by atoms with Crippen LogP contribution in [0.2, 0.25) is 0 Å². The number of benzene rings is 2. The number of para-hydroxylation sites is 1. The number of rotatable bonds is 4. The van der Waals surface area contributed by atoms with Gasteiger partial charge in [-0.1, -0.05) is 24.3 Å². The van der Waals surface area contributed by atoms with E-state index in [0.29, 0.717) is 18.5 Å². The molecule has 1 saturated heterocycles. The summed E-state index contributed by atoms with van der Waals surface area (Å²) in [5.74, 6) is -0.273. The van der Waals surface area contributed by atoms with Gasteiger partial charge in [0.2, 0.25) is 5.91 Å². The molecule has 124 valence electrons. The van der Waals surface area contributed by atoms with E-state index in [0.717, 1.165) is 11.4 Å². The summed E-state index contributed by atoms with van der Waals surface area (Å²) in [6.07, 6.45) is 0.618. The normalized spacial score (nSPS) is 17.0. The molecule has 1 unspecified atom stereocenters. The zero-order chi connectivity index (χ0) is 17.1. The van der Waals surface area contributed by atoms with Crippen molar-refractivity contribution in [3.8, 4) is 0 Å². The van der Waals surface area contributed by atoms with Gasteiger partial charge in [-0.25, -0.2) is 0 Å². The fourth-order valence-electron chi connectivity index (χ4n) is 2.85. The maximum Gasteiger partial charge on any atom is 0.252 e. The Morgan fingerprint density at radius 3 is 2.58 bits per heavy atom. The molecule has 2 amide bonds. The van der Waals surface area contributed by atoms with Gasteiger partial charge in [0.1, 0.15) is 6.04 Å². The number of nitrogens with one attached hydrogen (secondary N) is 1. The quantitative estimate of drug-likeness (QED) is 0.939. The van der Waals surface area contributed by atoms with Crippen molar-refractivity contribution in [2.45, 2.75) is 12.5 Å². The van der Waals surface area contributed by atoms with Gasteiger partial charge in [-0.05, 0) is 36.8 Å². The van der Waals surface area contributed by atoms with E-state index < -0.39 is 6.04 Å². The lowest BCUT2D eigenvalue weighted by Crippen LogP contribution is -2.41. The zero-order valence-corrected chi connectivity index (χ0v) is 13.9. The van der Waals surface area contributed by atoms with E-state index in [1.54, 1.807) is 11.0 Å². The van der Waals surface area contributed by atoms with Crippen LogP contribution in [0.15, 0.2) is 54.6 Å². The summed E-state index contributed by atoms with van der Waals surface area (Å²) in [4.78, 5) is 28.7. The Morgan fingerprint density at radius 2 is 1.88 bits per heavy atom. The predicted octanol–water partition coefficient (Wildman–Crippen LogP) is 2.29. The first-order valence-electron chi connectivity index (χ1n) is 8.01. The van der Waals surface area contributed by atoms with Crippen molar-refractivity contribution in [2.75, 3.05) is 30.4 Å². The highest BCUT2D eigenvalue weighted by atomic mass is 16.2. The van der Waals surface area contributed by atoms with Gasteiger partial charge in [-0.2, -0.15) is 0 Å². The molecule has 2 aromatic carbocycles. The van der Waals surface area contributed by atoms with Crippen LogP contribution in [0.25, 0.3) is 0 Å². The van der Waals surface area contributed by atoms with Gasteiger partial charge in [-0.15, -0.1) is 0 Å². The number of amides is 2. The molecule has 0 spiro atoms. The Bertz CT molecular complexity index is 743. The van der Waals surface area contributed by atoms with Gasteiger partial charge in [-0.3, -0.25) is 9.59 Å². The second-order valence-corrected chi connectivity index (χ2v) is 6.08. The molecule has 5 nitrogen and oxygen atoms in total. The molecule has 0 aliphatic carbocycles. The summed E-state index contributed by atoms with van der Waals surface area (Å²) in [6.45, 7) is 0.617. The van der Waals surface area contributed by atoms with Crippen molar-refractivity contribution in [3.05, 3.63) is 60.2 Å². The fraction of sp³-hybridized carbons (Fsp3) is 0.263. The van der Waals surface area contributed by atoms with Crippen molar-refractivity contribution >= 4 is 23.2 Å². The Kier molecular flexibility index (Phi) is 4.51. The zero-order valence-electron chi connectivity index (χ0n) is 13.9. The van der Waals surface area contributed by atoms with Crippen LogP contribution in [0.4, 0.5) is 11.4 Å². The van der Waals surface area contributed by atoms with E-state index in [-0.39, 0.29) is 11.8 Å². The number of anilines is 2. The minimum absolute atomic E-state index is 0.0571. The fourth-order valence-corrected chi connectivity index (χ4v) is 2.85. The molecule has 1 aliphatic rings. The Balaban J connectivity index is 1.69. The van der Waals surface area contributed by atoms with Crippen LogP contribution < -0.4 is 15.1 Å². The molecule has 24 heavy (non-hydrogen) atoms. The highest BCUT2D eigenvalue weighted by molar-refractivity contribution is 6.04. The van der Waals surface area contributed by atoms with E-state index in [9.17, 15) is 9.59 Å². The van der Waals surface area contributed by atoms with Crippen LogP contribution in [0.5, 0.6) is 0 Å². The van der Waals surface area contributed by atoms with Crippen molar-refractivity contribution in [3.63, 3.8) is 0 Å². The largest absolute Gasteiger partial charge is 0.378 e. The van der Waals surface area contributed by atoms with E-state index >= 15 is 0 Å². The van der Waals surface area contributed by atoms with Crippen LogP contribution >= 0.6 is 0 Å². The third-order valence-electron chi connectivity index (χ3n) is 4.20. The van der Waals surface area contributed by atoms with Crippen LogP contribution in [-0.4, -0.2) is 38.5 Å². The molecule has 1 heterocycles. The van der Waals surface area contributed by atoms with E-state index in [2.05, 4.69) is 5.32 Å². The smallest absolute Gasteiger partial charge is 0.252 e. The lowest BCUT2D eigenvalue weighted by molar-refractivity contribution is -0.118. The average Bonchev–Trinajstić information content (AvgIpc) is 2.96. The molecule has 2 aromatic rings. The topological polar surface area (TPSA) is 52.7 Å². The van der Waals surface area contributed by atoms with Crippen LogP contribution in [0.3, 0.4) is 0 Å². The van der Waals surface area contributed by atoms with E-state index in [1.807, 2.05) is 67.5 Å². The van der Waals surface area contributed by atoms with Gasteiger partial charge in [0.15, 0.2) is 0 Å².